The average Bonchev–Trinajstić information content (AvgIpc) is 2.69. The smallest absolute Gasteiger partial charge is 0.282 e. The van der Waals surface area contributed by atoms with E-state index in [-0.39, 0.29) is 11.2 Å². The van der Waals surface area contributed by atoms with Crippen molar-refractivity contribution in [2.75, 3.05) is 59.4 Å². The molecule has 0 radical (unpaired) electrons. The molecule has 156 valence electrons. The van der Waals surface area contributed by atoms with Crippen LogP contribution in [0.2, 0.25) is 5.02 Å². The average molecular weight is 447 g/mol. The molecule has 1 amide bonds. The number of amides is 1. The molecule has 0 N–H and O–H groups in total. The van der Waals surface area contributed by atoms with Crippen LogP contribution in [0.15, 0.2) is 29.2 Å². The predicted molar refractivity (Wildman–Crippen MR) is 113 cm³/mol. The summed E-state index contributed by atoms with van der Waals surface area (Å²) >= 11 is 7.62. The van der Waals surface area contributed by atoms with E-state index in [0.717, 1.165) is 18.0 Å². The molecule has 7 nitrogen and oxygen atoms in total. The van der Waals surface area contributed by atoms with Crippen LogP contribution in [0, 0.1) is 0 Å². The molecule has 0 unspecified atom stereocenters. The van der Waals surface area contributed by atoms with Crippen molar-refractivity contribution in [1.82, 2.24) is 18.4 Å². The summed E-state index contributed by atoms with van der Waals surface area (Å²) in [5.41, 5.74) is 0. The van der Waals surface area contributed by atoms with E-state index in [9.17, 15) is 13.2 Å². The number of rotatable bonds is 5. The molecule has 0 spiro atoms. The minimum absolute atomic E-state index is 0.0153. The summed E-state index contributed by atoms with van der Waals surface area (Å²) in [5, 5.41) is 0.357. The minimum Gasteiger partial charge on any atom is -0.339 e. The van der Waals surface area contributed by atoms with Gasteiger partial charge in [-0.1, -0.05) is 23.7 Å². The Kier molecular flexibility index (Phi) is 7.27. The lowest BCUT2D eigenvalue weighted by Gasteiger charge is -2.39. The molecule has 1 aromatic carbocycles. The standard InChI is InChI=1S/C18H27ClN4O3S2/c1-15(27-17-6-4-3-5-16(17)19)18(24)21-9-13-23(14-10-21)28(25,26)22-11-7-20(2)8-12-22/h3-6,15H,7-14H2,1-2H3/t15-/m1/s1. The number of hydrogen-bond donors (Lipinski definition) is 0. The van der Waals surface area contributed by atoms with E-state index < -0.39 is 10.2 Å². The number of piperazine rings is 2. The summed E-state index contributed by atoms with van der Waals surface area (Å²) in [6.45, 7) is 5.89. The molecular weight excluding hydrogens is 420 g/mol. The van der Waals surface area contributed by atoms with E-state index >= 15 is 0 Å². The highest BCUT2D eigenvalue weighted by atomic mass is 35.5. The number of benzene rings is 1. The summed E-state index contributed by atoms with van der Waals surface area (Å²) in [5.74, 6) is 0.0153. The minimum atomic E-state index is -3.45. The number of hydrogen-bond acceptors (Lipinski definition) is 5. The Morgan fingerprint density at radius 3 is 2.11 bits per heavy atom. The molecule has 2 aliphatic rings. The largest absolute Gasteiger partial charge is 0.339 e. The van der Waals surface area contributed by atoms with Crippen LogP contribution >= 0.6 is 23.4 Å². The van der Waals surface area contributed by atoms with Crippen molar-refractivity contribution in [2.24, 2.45) is 0 Å². The summed E-state index contributed by atoms with van der Waals surface area (Å²) in [7, 11) is -1.46. The molecule has 10 heteroatoms. The maximum Gasteiger partial charge on any atom is 0.282 e. The van der Waals surface area contributed by atoms with Crippen LogP contribution < -0.4 is 0 Å². The van der Waals surface area contributed by atoms with Crippen molar-refractivity contribution in [3.63, 3.8) is 0 Å². The lowest BCUT2D eigenvalue weighted by atomic mass is 10.3. The van der Waals surface area contributed by atoms with Gasteiger partial charge in [0.15, 0.2) is 0 Å². The highest BCUT2D eigenvalue weighted by molar-refractivity contribution is 8.00. The van der Waals surface area contributed by atoms with Crippen LogP contribution in [0.5, 0.6) is 0 Å². The van der Waals surface area contributed by atoms with Crippen molar-refractivity contribution in [3.05, 3.63) is 29.3 Å². The second kappa shape index (κ2) is 9.32. The van der Waals surface area contributed by atoms with Gasteiger partial charge in [0.05, 0.1) is 10.3 Å². The monoisotopic (exact) mass is 446 g/mol. The van der Waals surface area contributed by atoms with Gasteiger partial charge in [-0.2, -0.15) is 17.0 Å². The van der Waals surface area contributed by atoms with Crippen molar-refractivity contribution in [2.45, 2.75) is 17.1 Å². The van der Waals surface area contributed by atoms with Gasteiger partial charge in [0, 0.05) is 57.3 Å². The third-order valence-corrected chi connectivity index (χ3v) is 8.80. The first kappa shape index (κ1) is 21.9. The van der Waals surface area contributed by atoms with Crippen LogP contribution in [-0.4, -0.2) is 97.4 Å². The Hall–Kier alpha value is -0.840. The van der Waals surface area contributed by atoms with E-state index in [1.165, 1.54) is 16.1 Å². The van der Waals surface area contributed by atoms with Crippen LogP contribution in [0.1, 0.15) is 6.92 Å². The van der Waals surface area contributed by atoms with Gasteiger partial charge in [0.1, 0.15) is 0 Å². The summed E-state index contributed by atoms with van der Waals surface area (Å²) < 4.78 is 28.8. The second-order valence-electron chi connectivity index (χ2n) is 7.12. The maximum absolute atomic E-state index is 12.8. The second-order valence-corrected chi connectivity index (χ2v) is 10.8. The zero-order chi connectivity index (χ0) is 20.3. The molecule has 0 saturated carbocycles. The third-order valence-electron chi connectivity index (χ3n) is 5.15. The zero-order valence-electron chi connectivity index (χ0n) is 16.3. The molecule has 28 heavy (non-hydrogen) atoms. The first-order chi connectivity index (χ1) is 13.3. The zero-order valence-corrected chi connectivity index (χ0v) is 18.6. The normalized spacial score (nSPS) is 21.6. The Balaban J connectivity index is 1.54. The van der Waals surface area contributed by atoms with Crippen LogP contribution in [0.3, 0.4) is 0 Å². The molecule has 2 aliphatic heterocycles. The van der Waals surface area contributed by atoms with E-state index in [1.807, 2.05) is 38.2 Å². The van der Waals surface area contributed by atoms with Gasteiger partial charge < -0.3 is 9.80 Å². The maximum atomic E-state index is 12.8. The molecule has 0 bridgehead atoms. The molecule has 3 rings (SSSR count). The van der Waals surface area contributed by atoms with E-state index in [2.05, 4.69) is 4.90 Å². The SMILES string of the molecule is C[C@@H](Sc1ccccc1Cl)C(=O)N1CCN(S(=O)(=O)N2CCN(C)CC2)CC1. The molecule has 2 saturated heterocycles. The highest BCUT2D eigenvalue weighted by Crippen LogP contribution is 2.31. The van der Waals surface area contributed by atoms with Gasteiger partial charge in [-0.3, -0.25) is 4.79 Å². The lowest BCUT2D eigenvalue weighted by Crippen LogP contribution is -2.57. The fourth-order valence-corrected chi connectivity index (χ4v) is 6.17. The molecular formula is C18H27ClN4O3S2. The molecule has 0 aliphatic carbocycles. The van der Waals surface area contributed by atoms with Gasteiger partial charge in [-0.25, -0.2) is 0 Å². The number of nitrogens with zero attached hydrogens (tertiary/aromatic N) is 4. The Morgan fingerprint density at radius 1 is 1.00 bits per heavy atom. The number of thioether (sulfide) groups is 1. The third kappa shape index (κ3) is 5.01. The fraction of sp³-hybridized carbons (Fsp3) is 0.611. The van der Waals surface area contributed by atoms with Crippen molar-refractivity contribution in [1.29, 1.82) is 0 Å². The molecule has 2 heterocycles. The number of halogens is 1. The Morgan fingerprint density at radius 2 is 1.54 bits per heavy atom. The molecule has 2 fully saturated rings. The van der Waals surface area contributed by atoms with Gasteiger partial charge in [-0.15, -0.1) is 11.8 Å². The summed E-state index contributed by atoms with van der Waals surface area (Å²) in [6, 6.07) is 7.47. The first-order valence-electron chi connectivity index (χ1n) is 9.43. The van der Waals surface area contributed by atoms with Gasteiger partial charge in [-0.05, 0) is 26.1 Å². The van der Waals surface area contributed by atoms with E-state index in [1.54, 1.807) is 9.21 Å². The predicted octanol–water partition coefficient (Wildman–Crippen LogP) is 1.46. The number of likely N-dealkylation sites (N-methyl/N-ethyl adjacent to an activating group) is 1. The topological polar surface area (TPSA) is 64.2 Å². The summed E-state index contributed by atoms with van der Waals surface area (Å²) in [6.07, 6.45) is 0. The van der Waals surface area contributed by atoms with Crippen molar-refractivity contribution >= 4 is 39.5 Å². The number of carbonyl (C=O) groups excluding carboxylic acids is 1. The van der Waals surface area contributed by atoms with Gasteiger partial charge in [0.2, 0.25) is 5.91 Å². The Bertz CT molecular complexity index is 792. The van der Waals surface area contributed by atoms with Gasteiger partial charge >= 0.3 is 0 Å². The first-order valence-corrected chi connectivity index (χ1v) is 12.1. The highest BCUT2D eigenvalue weighted by Gasteiger charge is 2.35. The van der Waals surface area contributed by atoms with Crippen molar-refractivity contribution in [3.8, 4) is 0 Å². The van der Waals surface area contributed by atoms with E-state index in [4.69, 9.17) is 11.6 Å². The molecule has 1 atom stereocenters. The fourth-order valence-electron chi connectivity index (χ4n) is 3.36. The van der Waals surface area contributed by atoms with Crippen LogP contribution in [0.25, 0.3) is 0 Å². The summed E-state index contributed by atoms with van der Waals surface area (Å²) in [4.78, 5) is 17.5. The van der Waals surface area contributed by atoms with Gasteiger partial charge in [0.25, 0.3) is 10.2 Å². The van der Waals surface area contributed by atoms with E-state index in [0.29, 0.717) is 44.3 Å². The quantitative estimate of drug-likeness (QED) is 0.641. The van der Waals surface area contributed by atoms with Crippen molar-refractivity contribution < 1.29 is 13.2 Å². The lowest BCUT2D eigenvalue weighted by molar-refractivity contribution is -0.131. The van der Waals surface area contributed by atoms with Crippen LogP contribution in [0.4, 0.5) is 0 Å². The Labute approximate surface area is 176 Å². The molecule has 0 aromatic heterocycles. The molecule has 1 aromatic rings. The van der Waals surface area contributed by atoms with Crippen LogP contribution in [-0.2, 0) is 15.0 Å². The number of carbonyl (C=O) groups is 1.